The van der Waals surface area contributed by atoms with E-state index in [-0.39, 0.29) is 52.8 Å². The molecular formula is C4HF10K. The Labute approximate surface area is 120 Å². The van der Waals surface area contributed by atoms with E-state index in [0.29, 0.717) is 0 Å². The van der Waals surface area contributed by atoms with Crippen molar-refractivity contribution in [2.45, 2.75) is 24.2 Å². The van der Waals surface area contributed by atoms with Crippen LogP contribution < -0.4 is 51.4 Å². The van der Waals surface area contributed by atoms with E-state index in [4.69, 9.17) is 0 Å². The van der Waals surface area contributed by atoms with E-state index in [1.807, 2.05) is 0 Å². The number of hydrogen-bond donors (Lipinski definition) is 0. The molecule has 88 valence electrons. The van der Waals surface area contributed by atoms with Crippen LogP contribution in [0.5, 0.6) is 0 Å². The van der Waals surface area contributed by atoms with Crippen molar-refractivity contribution in [2.24, 2.45) is 0 Å². The molecule has 0 spiro atoms. The molecule has 0 aliphatic rings. The third kappa shape index (κ3) is 3.20. The summed E-state index contributed by atoms with van der Waals surface area (Å²) < 4.78 is 113. The zero-order chi connectivity index (χ0) is 12.0. The summed E-state index contributed by atoms with van der Waals surface area (Å²) in [5.74, 6) is -14.3. The molecule has 0 aromatic carbocycles. The largest absolute Gasteiger partial charge is 1.00 e. The topological polar surface area (TPSA) is 0 Å². The Hall–Kier alpha value is 0.936. The van der Waals surface area contributed by atoms with Crippen molar-refractivity contribution in [1.29, 1.82) is 0 Å². The van der Waals surface area contributed by atoms with Crippen LogP contribution in [0.2, 0.25) is 0 Å². The molecule has 0 radical (unpaired) electrons. The van der Waals surface area contributed by atoms with Crippen LogP contribution in [0.4, 0.5) is 43.9 Å². The number of hydrogen-bond acceptors (Lipinski definition) is 0. The van der Waals surface area contributed by atoms with Gasteiger partial charge in [-0.25, -0.2) is 0 Å². The van der Waals surface area contributed by atoms with Crippen LogP contribution in [-0.4, -0.2) is 24.2 Å². The fourth-order valence-corrected chi connectivity index (χ4v) is 0.356. The Balaban J connectivity index is -0.000000845. The second-order valence-electron chi connectivity index (χ2n) is 2.14. The summed E-state index contributed by atoms with van der Waals surface area (Å²) in [5, 5.41) is 0. The van der Waals surface area contributed by atoms with Gasteiger partial charge in [0, 0.05) is 0 Å². The van der Waals surface area contributed by atoms with E-state index >= 15 is 0 Å². The van der Waals surface area contributed by atoms with Gasteiger partial charge in [0.15, 0.2) is 0 Å². The average Bonchev–Trinajstić information content (AvgIpc) is 1.81. The van der Waals surface area contributed by atoms with E-state index in [0.717, 1.165) is 0 Å². The molecule has 15 heavy (non-hydrogen) atoms. The van der Waals surface area contributed by atoms with E-state index in [1.165, 1.54) is 0 Å². The van der Waals surface area contributed by atoms with E-state index in [1.54, 1.807) is 0 Å². The molecule has 0 bridgehead atoms. The van der Waals surface area contributed by atoms with Gasteiger partial charge in [0.25, 0.3) is 0 Å². The quantitative estimate of drug-likeness (QED) is 0.484. The van der Waals surface area contributed by atoms with Gasteiger partial charge in [-0.1, -0.05) is 0 Å². The molecule has 0 saturated heterocycles. The molecule has 0 aromatic heterocycles. The molecule has 11 heteroatoms. The van der Waals surface area contributed by atoms with Gasteiger partial charge >= 0.3 is 75.6 Å². The minimum absolute atomic E-state index is 0. The predicted molar refractivity (Wildman–Crippen MR) is 23.1 cm³/mol. The summed E-state index contributed by atoms with van der Waals surface area (Å²) in [6.45, 7) is 0. The molecule has 0 rings (SSSR count). The van der Waals surface area contributed by atoms with Gasteiger partial charge < -0.3 is 1.43 Å². The number of rotatable bonds is 1. The zero-order valence-corrected chi connectivity index (χ0v) is 9.90. The van der Waals surface area contributed by atoms with Crippen molar-refractivity contribution in [3.8, 4) is 0 Å². The third-order valence-corrected chi connectivity index (χ3v) is 1.11. The summed E-state index contributed by atoms with van der Waals surface area (Å²) in [5.41, 5.74) is 0. The Bertz CT molecular complexity index is 192. The Morgan fingerprint density at radius 1 is 0.467 bits per heavy atom. The van der Waals surface area contributed by atoms with Crippen LogP contribution in [0.3, 0.4) is 0 Å². The smallest absolute Gasteiger partial charge is 1.00 e. The molecular weight excluding hydrogens is 277 g/mol. The van der Waals surface area contributed by atoms with Crippen molar-refractivity contribution in [1.82, 2.24) is 0 Å². The van der Waals surface area contributed by atoms with Gasteiger partial charge in [-0.15, -0.1) is 0 Å². The first-order chi connectivity index (χ1) is 5.75. The molecule has 0 fully saturated rings. The SMILES string of the molecule is FC(F)(F)C(F)(F)C(F)(F)C(F)(F)F.[H-].[K+]. The van der Waals surface area contributed by atoms with Gasteiger partial charge in [0.1, 0.15) is 0 Å². The maximum atomic E-state index is 11.6. The first kappa shape index (κ1) is 18.3. The molecule has 0 atom stereocenters. The van der Waals surface area contributed by atoms with Crippen molar-refractivity contribution in [3.05, 3.63) is 0 Å². The minimum atomic E-state index is -7.14. The molecule has 0 aromatic rings. The van der Waals surface area contributed by atoms with Crippen molar-refractivity contribution < 1.29 is 96.7 Å². The normalized spacial score (nSPS) is 14.8. The second-order valence-corrected chi connectivity index (χ2v) is 2.14. The molecule has 0 amide bonds. The number of halogens is 10. The Morgan fingerprint density at radius 3 is 0.667 bits per heavy atom. The first-order valence-electron chi connectivity index (χ1n) is 2.64. The monoisotopic (exact) mass is 278 g/mol. The third-order valence-electron chi connectivity index (χ3n) is 1.11. The van der Waals surface area contributed by atoms with Gasteiger partial charge in [-0.3, -0.25) is 0 Å². The molecule has 0 saturated carbocycles. The van der Waals surface area contributed by atoms with E-state index in [2.05, 4.69) is 0 Å². The molecule has 0 heterocycles. The van der Waals surface area contributed by atoms with E-state index in [9.17, 15) is 43.9 Å². The molecule has 0 aliphatic heterocycles. The zero-order valence-electron chi connectivity index (χ0n) is 7.78. The average molecular weight is 278 g/mol. The first-order valence-corrected chi connectivity index (χ1v) is 2.64. The summed E-state index contributed by atoms with van der Waals surface area (Å²) in [6.07, 6.45) is -13.9. The molecule has 0 aliphatic carbocycles. The Kier molecular flexibility index (Phi) is 5.69. The molecule has 0 unspecified atom stereocenters. The summed E-state index contributed by atoms with van der Waals surface area (Å²) >= 11 is 0. The van der Waals surface area contributed by atoms with E-state index < -0.39 is 24.2 Å². The Morgan fingerprint density at radius 2 is 0.600 bits per heavy atom. The van der Waals surface area contributed by atoms with Crippen LogP contribution in [0.25, 0.3) is 0 Å². The van der Waals surface area contributed by atoms with Crippen LogP contribution in [0.15, 0.2) is 0 Å². The van der Waals surface area contributed by atoms with Crippen molar-refractivity contribution in [3.63, 3.8) is 0 Å². The standard InChI is InChI=1S/C4F10.K.H/c5-1(6,3(9,10)11)2(7,8)4(12,13)14;;/q;+1;-1. The fraction of sp³-hybridized carbons (Fsp3) is 1.00. The summed E-state index contributed by atoms with van der Waals surface area (Å²) in [7, 11) is 0. The summed E-state index contributed by atoms with van der Waals surface area (Å²) in [6, 6.07) is 0. The minimum Gasteiger partial charge on any atom is -1.00 e. The van der Waals surface area contributed by atoms with Gasteiger partial charge in [0.2, 0.25) is 0 Å². The van der Waals surface area contributed by atoms with Crippen LogP contribution in [0.1, 0.15) is 1.43 Å². The van der Waals surface area contributed by atoms with Crippen molar-refractivity contribution in [2.75, 3.05) is 0 Å². The number of alkyl halides is 10. The van der Waals surface area contributed by atoms with Crippen LogP contribution in [0, 0.1) is 0 Å². The van der Waals surface area contributed by atoms with Crippen LogP contribution >= 0.6 is 0 Å². The summed E-state index contributed by atoms with van der Waals surface area (Å²) in [4.78, 5) is 0. The van der Waals surface area contributed by atoms with Gasteiger partial charge in [-0.05, 0) is 0 Å². The van der Waals surface area contributed by atoms with Gasteiger partial charge in [0.05, 0.1) is 0 Å². The maximum Gasteiger partial charge on any atom is 1.00 e. The molecule has 0 N–H and O–H groups in total. The van der Waals surface area contributed by atoms with Gasteiger partial charge in [-0.2, -0.15) is 43.9 Å². The predicted octanol–water partition coefficient (Wildman–Crippen LogP) is 0.498. The van der Waals surface area contributed by atoms with Crippen LogP contribution in [-0.2, 0) is 0 Å². The molecule has 0 nitrogen and oxygen atoms in total. The maximum absolute atomic E-state index is 11.6. The second kappa shape index (κ2) is 4.67. The fourth-order valence-electron chi connectivity index (χ4n) is 0.356. The van der Waals surface area contributed by atoms with Crippen molar-refractivity contribution >= 4 is 0 Å².